The van der Waals surface area contributed by atoms with E-state index in [0.29, 0.717) is 12.0 Å². The number of anilines is 3. The van der Waals surface area contributed by atoms with Crippen molar-refractivity contribution >= 4 is 141 Å². The highest BCUT2D eigenvalue weighted by atomic mass is 127. The summed E-state index contributed by atoms with van der Waals surface area (Å²) in [5.41, 5.74) is 35.2. The molecule has 23 rings (SSSR count). The lowest BCUT2D eigenvalue weighted by Crippen LogP contribution is -3.00. The van der Waals surface area contributed by atoms with E-state index in [9.17, 15) is 5.11 Å². The van der Waals surface area contributed by atoms with Crippen molar-refractivity contribution < 1.29 is 119 Å². The van der Waals surface area contributed by atoms with Gasteiger partial charge in [-0.1, -0.05) is 184 Å². The first-order valence-electron chi connectivity index (χ1n) is 47.3. The van der Waals surface area contributed by atoms with Crippen molar-refractivity contribution in [1.29, 1.82) is 0 Å². The fourth-order valence-electron chi connectivity index (χ4n) is 24.8. The van der Waals surface area contributed by atoms with Crippen LogP contribution in [-0.4, -0.2) is 102 Å². The number of nitrogens with zero attached hydrogens (tertiary/aromatic N) is 8. The second-order valence-corrected chi connectivity index (χ2v) is 38.8. The van der Waals surface area contributed by atoms with Gasteiger partial charge in [-0.15, -0.1) is 0 Å². The number of hydrogen-bond donors (Lipinski definition) is 1. The van der Waals surface area contributed by atoms with Crippen LogP contribution < -0.4 is 106 Å². The van der Waals surface area contributed by atoms with Gasteiger partial charge in [-0.3, -0.25) is 0 Å². The molecule has 3 saturated carbocycles. The average molecular weight is 2180 g/mol. The largest absolute Gasteiger partial charge is 1.00 e. The second kappa shape index (κ2) is 38.5. The fourth-order valence-corrected chi connectivity index (χ4v) is 24.8. The van der Waals surface area contributed by atoms with Crippen molar-refractivity contribution in [2.45, 2.75) is 198 Å². The molecule has 670 valence electrons. The smallest absolute Gasteiger partial charge is 0.210 e. The van der Waals surface area contributed by atoms with Gasteiger partial charge in [-0.2, -0.15) is 18.3 Å². The molecule has 6 aliphatic heterocycles. The normalized spacial score (nSPS) is 19.3. The highest BCUT2D eigenvalue weighted by Gasteiger charge is 2.52. The maximum Gasteiger partial charge on any atom is 0.210 e. The first-order valence-corrected chi connectivity index (χ1v) is 47.3. The van der Waals surface area contributed by atoms with Crippen LogP contribution in [0.2, 0.25) is 0 Å². The van der Waals surface area contributed by atoms with Crippen LogP contribution in [0.15, 0.2) is 279 Å². The van der Waals surface area contributed by atoms with E-state index in [0.717, 1.165) is 37.2 Å². The zero-order chi connectivity index (χ0) is 87.4. The molecule has 1 N–H and O–H groups in total. The summed E-state index contributed by atoms with van der Waals surface area (Å²) < 4.78 is 14.3. The molecule has 0 amide bonds. The minimum absolute atomic E-state index is 0. The van der Waals surface area contributed by atoms with Gasteiger partial charge in [0.15, 0.2) is 22.8 Å². The van der Waals surface area contributed by atoms with Gasteiger partial charge in [0.2, 0.25) is 22.7 Å². The number of fused-ring (bicyclic) bond motifs is 19. The first-order chi connectivity index (χ1) is 61.7. The van der Waals surface area contributed by atoms with Crippen LogP contribution in [0.1, 0.15) is 206 Å². The highest BCUT2D eigenvalue weighted by Crippen LogP contribution is 2.55. The third-order valence-electron chi connectivity index (χ3n) is 31.0. The van der Waals surface area contributed by atoms with Crippen molar-refractivity contribution in [3.05, 3.63) is 340 Å². The van der Waals surface area contributed by atoms with Crippen molar-refractivity contribution in [3.63, 3.8) is 0 Å². The monoisotopic (exact) mass is 2180 g/mol. The molecule has 9 aliphatic rings. The minimum Gasteiger partial charge on any atom is -1.00 e. The number of aliphatic hydroxyl groups excluding tert-OH is 1. The molecule has 0 saturated heterocycles. The maximum atomic E-state index is 9.44. The molecular formula is C118H124I4N8O. The van der Waals surface area contributed by atoms with E-state index >= 15 is 0 Å². The van der Waals surface area contributed by atoms with Crippen molar-refractivity contribution in [2.75, 3.05) is 44.5 Å². The lowest BCUT2D eigenvalue weighted by atomic mass is 9.67. The molecule has 0 radical (unpaired) electrons. The number of hydrogen-bond acceptors (Lipinski definition) is 3. The predicted molar refractivity (Wildman–Crippen MR) is 538 cm³/mol. The molecule has 12 aromatic carbocycles. The Bertz CT molecular complexity index is 7010. The summed E-state index contributed by atoms with van der Waals surface area (Å²) in [7, 11) is 8.82. The molecule has 14 aromatic rings. The van der Waals surface area contributed by atoms with E-state index in [4.69, 9.17) is 0 Å². The quantitative estimate of drug-likeness (QED) is 0.0924. The third kappa shape index (κ3) is 16.4. The van der Waals surface area contributed by atoms with Gasteiger partial charge in [0.1, 0.15) is 28.2 Å². The van der Waals surface area contributed by atoms with Gasteiger partial charge in [-0.05, 0) is 254 Å². The lowest BCUT2D eigenvalue weighted by Gasteiger charge is -2.31. The first kappa shape index (κ1) is 94.8. The molecule has 9 nitrogen and oxygen atoms in total. The molecular weight excluding hydrogens is 2050 g/mol. The zero-order valence-corrected chi connectivity index (χ0v) is 87.0. The summed E-state index contributed by atoms with van der Waals surface area (Å²) in [6.07, 6.45) is 33.0. The standard InChI is InChI=1S/C31H33N2O.C30H33N2.C30H31N2.C27H27N2.4HI/c1-31(2)26-8-4-5-9-29(26)32(3)30(31)18-14-21-13-17-28-25(19-21)24-7-6-10-27(24)33(28)23-15-11-22(20-34)12-16-23;1-5-32-25-12-8-11-23(25)24-19-20(13-16-26(24)32)14-18-28-30(2,3)29-22-10-7-6-9-21(22)15-17-27(29)31(28)4;1-3-32-26-13-7-5-11-23(26)24-21-22(15-17-27(24)32)16-18-29-30(19-9-4-10-20-30)25-12-6-8-14-28(25)31(29)2;1-5-29-23-12-8-6-10-20(23)21-18-19(14-16-24(21)29)15-17-26-27(2,3)22-11-7-9-13-25(22)28(26)4;;;;/h4-5,8-9,11-19,24,27,34H,6-7,10,20H2,1-3H3;6-7,9-10,13-19,23,25H,5,8,11-12H2,1-4H3;5-8,11-18,21H,3-4,9-10,19-20H2,1-2H3;6-18H,5H2,1-4H3;4*1H/q4*+1;;;;/p-4. The number of aryl methyl sites for hydroxylation is 2. The Hall–Kier alpha value is -9.38. The van der Waals surface area contributed by atoms with Gasteiger partial charge < -0.3 is 120 Å². The number of para-hydroxylation sites is 5. The van der Waals surface area contributed by atoms with E-state index in [-0.39, 0.29) is 124 Å². The number of aromatic nitrogens is 2. The second-order valence-electron chi connectivity index (χ2n) is 38.8. The number of benzene rings is 12. The van der Waals surface area contributed by atoms with E-state index in [1.54, 1.807) is 5.56 Å². The van der Waals surface area contributed by atoms with Crippen LogP contribution in [0.25, 0.3) is 78.7 Å². The molecule has 2 aromatic heterocycles. The Morgan fingerprint density at radius 2 is 0.756 bits per heavy atom. The van der Waals surface area contributed by atoms with Gasteiger partial charge in [-0.25, -0.2) is 0 Å². The van der Waals surface area contributed by atoms with E-state index in [1.165, 1.54) is 238 Å². The van der Waals surface area contributed by atoms with Crippen molar-refractivity contribution in [2.24, 2.45) is 0 Å². The molecule has 13 heteroatoms. The Balaban J connectivity index is 0.000000127. The molecule has 3 fully saturated rings. The minimum atomic E-state index is -0.0340. The Morgan fingerprint density at radius 1 is 0.344 bits per heavy atom. The molecule has 3 aliphatic carbocycles. The fraction of sp³-hybridized carbons (Fsp3) is 0.305. The third-order valence-corrected chi connectivity index (χ3v) is 31.0. The van der Waals surface area contributed by atoms with Crippen LogP contribution in [0.5, 0.6) is 0 Å². The van der Waals surface area contributed by atoms with Crippen LogP contribution in [0.4, 0.5) is 39.8 Å². The maximum absolute atomic E-state index is 9.44. The summed E-state index contributed by atoms with van der Waals surface area (Å²) in [6.45, 7) is 23.9. The average Bonchev–Trinajstić information content (AvgIpc) is 1.57. The Morgan fingerprint density at radius 3 is 1.27 bits per heavy atom. The Labute approximate surface area is 844 Å². The molecule has 131 heavy (non-hydrogen) atoms. The molecule has 8 heterocycles. The van der Waals surface area contributed by atoms with E-state index in [2.05, 4.69) is 419 Å². The molecule has 4 atom stereocenters. The number of halogens is 4. The van der Waals surface area contributed by atoms with E-state index < -0.39 is 0 Å². The number of rotatable bonds is 13. The summed E-state index contributed by atoms with van der Waals surface area (Å²) in [5, 5.41) is 17.5. The summed E-state index contributed by atoms with van der Waals surface area (Å²) in [5.74, 6) is 1.33. The van der Waals surface area contributed by atoms with Crippen LogP contribution in [-0.2, 0) is 41.4 Å². The lowest BCUT2D eigenvalue weighted by molar-refractivity contribution is -0.401. The van der Waals surface area contributed by atoms with Crippen molar-refractivity contribution in [1.82, 2.24) is 9.13 Å². The highest BCUT2D eigenvalue weighted by molar-refractivity contribution is 6.13. The number of likely N-dealkylation sites (N-methyl/N-ethyl adjacent to an activating group) is 1. The summed E-state index contributed by atoms with van der Waals surface area (Å²) >= 11 is 0. The van der Waals surface area contributed by atoms with Gasteiger partial charge in [0.25, 0.3) is 0 Å². The summed E-state index contributed by atoms with van der Waals surface area (Å²) in [4.78, 5) is 5.19. The summed E-state index contributed by atoms with van der Waals surface area (Å²) in [6, 6.07) is 94.9. The predicted octanol–water partition coefficient (Wildman–Crippen LogP) is 15.7. The van der Waals surface area contributed by atoms with Crippen LogP contribution >= 0.6 is 0 Å². The molecule has 0 bridgehead atoms. The van der Waals surface area contributed by atoms with Gasteiger partial charge in [0.05, 0.1) is 28.3 Å². The van der Waals surface area contributed by atoms with Crippen LogP contribution in [0, 0.1) is 0 Å². The van der Waals surface area contributed by atoms with Crippen LogP contribution in [0.3, 0.4) is 0 Å². The molecule has 1 spiro atoms. The van der Waals surface area contributed by atoms with Crippen molar-refractivity contribution in [3.8, 4) is 0 Å². The Kier molecular flexibility index (Phi) is 27.9. The SMILES string of the molecule is CCN1c2ccc(/C=C/C3=[N+](C)c4ccc5ccccc5c4C3(C)C)cc2C2CCCC21.CCn1c2ccccc2c2cc(/C=C/C3=[N+](C)c4ccccc4C3(C)C)ccc21.CCn1c2ccccc2c2cc(/C=C/C3=[N+](C)c4ccccc4C34CCCCC4)ccc21.C[N+]1=C(/C=C/c2ccc3c(c2)C2CCCC2N3c2ccc(CO)cc2)C(C)(C)c2ccccc21.[I-].[I-].[I-].[I-]. The van der Waals surface area contributed by atoms with Gasteiger partial charge >= 0.3 is 0 Å². The van der Waals surface area contributed by atoms with Gasteiger partial charge in [0, 0.05) is 175 Å². The number of aliphatic hydroxyl groups is 1. The van der Waals surface area contributed by atoms with E-state index in [1.807, 2.05) is 12.1 Å². The number of allylic oxidation sites excluding steroid dienone is 4. The zero-order valence-electron chi connectivity index (χ0n) is 78.3. The molecule has 4 unspecified atom stereocenters. The topological polar surface area (TPSA) is 48.6 Å².